The minimum atomic E-state index is -0.435. The number of thioether (sulfide) groups is 1. The maximum atomic E-state index is 12.2. The third-order valence-corrected chi connectivity index (χ3v) is 4.39. The van der Waals surface area contributed by atoms with Crippen LogP contribution in [0.2, 0.25) is 0 Å². The summed E-state index contributed by atoms with van der Waals surface area (Å²) in [5, 5.41) is 1.02. The lowest BCUT2D eigenvalue weighted by Gasteiger charge is -2.28. The van der Waals surface area contributed by atoms with Gasteiger partial charge < -0.3 is 9.64 Å². The van der Waals surface area contributed by atoms with E-state index >= 15 is 0 Å². The summed E-state index contributed by atoms with van der Waals surface area (Å²) in [7, 11) is 0. The first-order valence-electron chi connectivity index (χ1n) is 7.40. The predicted octanol–water partition coefficient (Wildman–Crippen LogP) is 3.88. The van der Waals surface area contributed by atoms with Gasteiger partial charge in [-0.1, -0.05) is 0 Å². The topological polar surface area (TPSA) is 42.4 Å². The maximum Gasteiger partial charge on any atom is 0.410 e. The molecule has 1 saturated heterocycles. The molecule has 0 aromatic carbocycles. The van der Waals surface area contributed by atoms with E-state index < -0.39 is 5.60 Å². The number of pyridine rings is 1. The van der Waals surface area contributed by atoms with E-state index in [1.807, 2.05) is 37.9 Å². The molecule has 2 heterocycles. The van der Waals surface area contributed by atoms with E-state index in [1.165, 1.54) is 5.56 Å². The van der Waals surface area contributed by atoms with Gasteiger partial charge in [0.25, 0.3) is 0 Å². The van der Waals surface area contributed by atoms with E-state index in [0.29, 0.717) is 0 Å². The molecule has 1 fully saturated rings. The minimum Gasteiger partial charge on any atom is -0.444 e. The molecule has 1 aliphatic heterocycles. The lowest BCUT2D eigenvalue weighted by molar-refractivity contribution is 0.0242. The number of carbonyl (C=O) groups is 1. The van der Waals surface area contributed by atoms with Gasteiger partial charge in [-0.3, -0.25) is 0 Å². The number of hydrogen-bond donors (Lipinski definition) is 0. The fraction of sp³-hybridized carbons (Fsp3) is 0.625. The highest BCUT2D eigenvalue weighted by Crippen LogP contribution is 2.26. The van der Waals surface area contributed by atoms with Gasteiger partial charge in [0, 0.05) is 24.5 Å². The highest BCUT2D eigenvalue weighted by Gasteiger charge is 2.32. The molecule has 0 bridgehead atoms. The molecule has 4 nitrogen and oxygen atoms in total. The first-order chi connectivity index (χ1) is 9.85. The Labute approximate surface area is 131 Å². The van der Waals surface area contributed by atoms with Crippen molar-refractivity contribution in [1.29, 1.82) is 0 Å². The van der Waals surface area contributed by atoms with E-state index in [1.54, 1.807) is 11.8 Å². The van der Waals surface area contributed by atoms with Crippen molar-refractivity contribution in [3.63, 3.8) is 0 Å². The van der Waals surface area contributed by atoms with Crippen LogP contribution in [0.1, 0.15) is 39.2 Å². The van der Waals surface area contributed by atoms with Crippen LogP contribution < -0.4 is 0 Å². The highest BCUT2D eigenvalue weighted by atomic mass is 32.2. The molecule has 0 saturated carbocycles. The standard InChI is InChI=1S/C16H24N2O2S/c1-12-7-8-17-14(10-12)21-11-13-6-5-9-18(13)15(19)20-16(2,3)4/h7-8,10,13H,5-6,9,11H2,1-4H3. The molecule has 1 aliphatic rings. The van der Waals surface area contributed by atoms with Crippen molar-refractivity contribution >= 4 is 17.9 Å². The number of aromatic nitrogens is 1. The van der Waals surface area contributed by atoms with Gasteiger partial charge in [-0.25, -0.2) is 9.78 Å². The fourth-order valence-corrected chi connectivity index (χ4v) is 3.45. The van der Waals surface area contributed by atoms with Gasteiger partial charge >= 0.3 is 6.09 Å². The molecule has 1 atom stereocenters. The molecular formula is C16H24N2O2S. The molecule has 0 aliphatic carbocycles. The molecule has 0 radical (unpaired) electrons. The number of amides is 1. The number of ether oxygens (including phenoxy) is 1. The van der Waals surface area contributed by atoms with Gasteiger partial charge in [0.05, 0.1) is 5.03 Å². The lowest BCUT2D eigenvalue weighted by atomic mass is 10.2. The summed E-state index contributed by atoms with van der Waals surface area (Å²) >= 11 is 1.71. The van der Waals surface area contributed by atoms with Crippen LogP contribution in [0.3, 0.4) is 0 Å². The molecule has 0 spiro atoms. The molecular weight excluding hydrogens is 284 g/mol. The summed E-state index contributed by atoms with van der Waals surface area (Å²) in [5.74, 6) is 0.871. The zero-order chi connectivity index (χ0) is 15.5. The van der Waals surface area contributed by atoms with Crippen LogP contribution >= 0.6 is 11.8 Å². The Morgan fingerprint density at radius 2 is 2.29 bits per heavy atom. The summed E-state index contributed by atoms with van der Waals surface area (Å²) in [6.07, 6.45) is 3.73. The van der Waals surface area contributed by atoms with Crippen LogP contribution in [0.4, 0.5) is 4.79 Å². The fourth-order valence-electron chi connectivity index (χ4n) is 2.34. The Balaban J connectivity index is 1.91. The van der Waals surface area contributed by atoms with Crippen LogP contribution in [0.5, 0.6) is 0 Å². The van der Waals surface area contributed by atoms with Crippen LogP contribution in [-0.4, -0.2) is 39.9 Å². The Kier molecular flexibility index (Phi) is 5.14. The first kappa shape index (κ1) is 16.1. The summed E-state index contributed by atoms with van der Waals surface area (Å²) in [5.41, 5.74) is 0.776. The second-order valence-electron chi connectivity index (χ2n) is 6.45. The van der Waals surface area contributed by atoms with Gasteiger partial charge in [0.1, 0.15) is 5.60 Å². The van der Waals surface area contributed by atoms with Crippen LogP contribution in [0.15, 0.2) is 23.4 Å². The molecule has 1 amide bonds. The zero-order valence-electron chi connectivity index (χ0n) is 13.3. The van der Waals surface area contributed by atoms with Gasteiger partial charge in [-0.15, -0.1) is 11.8 Å². The quantitative estimate of drug-likeness (QED) is 0.795. The molecule has 1 aromatic rings. The molecule has 0 N–H and O–H groups in total. The predicted molar refractivity (Wildman–Crippen MR) is 85.7 cm³/mol. The van der Waals surface area contributed by atoms with Crippen molar-refractivity contribution in [3.8, 4) is 0 Å². The number of hydrogen-bond acceptors (Lipinski definition) is 4. The van der Waals surface area contributed by atoms with E-state index in [4.69, 9.17) is 4.74 Å². The Bertz CT molecular complexity index is 499. The van der Waals surface area contributed by atoms with Crippen LogP contribution in [0, 0.1) is 6.92 Å². The van der Waals surface area contributed by atoms with Gasteiger partial charge in [0.2, 0.25) is 0 Å². The van der Waals surface area contributed by atoms with E-state index in [2.05, 4.69) is 18.0 Å². The summed E-state index contributed by atoms with van der Waals surface area (Å²) in [4.78, 5) is 18.4. The molecule has 1 aromatic heterocycles. The van der Waals surface area contributed by atoms with Crippen molar-refractivity contribution in [2.24, 2.45) is 0 Å². The van der Waals surface area contributed by atoms with E-state index in [9.17, 15) is 4.79 Å². The first-order valence-corrected chi connectivity index (χ1v) is 8.39. The number of carbonyl (C=O) groups excluding carboxylic acids is 1. The molecule has 1 unspecified atom stereocenters. The SMILES string of the molecule is Cc1ccnc(SCC2CCCN2C(=O)OC(C)(C)C)c1. The van der Waals surface area contributed by atoms with Crippen molar-refractivity contribution in [3.05, 3.63) is 23.9 Å². The number of rotatable bonds is 3. The monoisotopic (exact) mass is 308 g/mol. The van der Waals surface area contributed by atoms with E-state index in [-0.39, 0.29) is 12.1 Å². The van der Waals surface area contributed by atoms with Crippen LogP contribution in [0.25, 0.3) is 0 Å². The number of nitrogens with zero attached hydrogens (tertiary/aromatic N) is 2. The summed E-state index contributed by atoms with van der Waals surface area (Å²) < 4.78 is 5.49. The third-order valence-electron chi connectivity index (χ3n) is 3.32. The lowest BCUT2D eigenvalue weighted by Crippen LogP contribution is -2.40. The smallest absolute Gasteiger partial charge is 0.410 e. The number of aryl methyl sites for hydroxylation is 1. The van der Waals surface area contributed by atoms with Crippen molar-refractivity contribution in [2.45, 2.75) is 57.2 Å². The maximum absolute atomic E-state index is 12.2. The molecule has 2 rings (SSSR count). The Morgan fingerprint density at radius 3 is 2.95 bits per heavy atom. The van der Waals surface area contributed by atoms with Crippen molar-refractivity contribution in [1.82, 2.24) is 9.88 Å². The molecule has 116 valence electrons. The Hall–Kier alpha value is -1.23. The zero-order valence-corrected chi connectivity index (χ0v) is 14.1. The second kappa shape index (κ2) is 6.69. The van der Waals surface area contributed by atoms with Gasteiger partial charge in [-0.2, -0.15) is 0 Å². The molecule has 5 heteroatoms. The van der Waals surface area contributed by atoms with Crippen LogP contribution in [-0.2, 0) is 4.74 Å². The minimum absolute atomic E-state index is 0.192. The number of likely N-dealkylation sites (tertiary alicyclic amines) is 1. The highest BCUT2D eigenvalue weighted by molar-refractivity contribution is 7.99. The average molecular weight is 308 g/mol. The largest absolute Gasteiger partial charge is 0.444 e. The van der Waals surface area contributed by atoms with Crippen molar-refractivity contribution < 1.29 is 9.53 Å². The Morgan fingerprint density at radius 1 is 1.52 bits per heavy atom. The van der Waals surface area contributed by atoms with E-state index in [0.717, 1.165) is 30.2 Å². The summed E-state index contributed by atoms with van der Waals surface area (Å²) in [6, 6.07) is 4.32. The third kappa shape index (κ3) is 4.92. The molecule has 21 heavy (non-hydrogen) atoms. The normalized spacial score (nSPS) is 18.9. The van der Waals surface area contributed by atoms with Crippen molar-refractivity contribution in [2.75, 3.05) is 12.3 Å². The van der Waals surface area contributed by atoms with Gasteiger partial charge in [0.15, 0.2) is 0 Å². The second-order valence-corrected chi connectivity index (χ2v) is 7.49. The average Bonchev–Trinajstić information content (AvgIpc) is 2.83. The summed E-state index contributed by atoms with van der Waals surface area (Å²) in [6.45, 7) is 8.57. The van der Waals surface area contributed by atoms with Gasteiger partial charge in [-0.05, 0) is 58.2 Å².